The molecule has 1 heterocycles. The predicted octanol–water partition coefficient (Wildman–Crippen LogP) is -3.27. The number of aliphatic carboxylic acids is 1. The van der Waals surface area contributed by atoms with Crippen LogP contribution in [0.1, 0.15) is 32.4 Å². The van der Waals surface area contributed by atoms with Gasteiger partial charge in [-0.3, -0.25) is 19.2 Å². The van der Waals surface area contributed by atoms with Gasteiger partial charge in [-0.05, 0) is 12.3 Å². The number of carbonyl (C=O) groups is 5. The minimum absolute atomic E-state index is 0.116. The molecule has 1 rings (SSSR count). The third-order valence-corrected chi connectivity index (χ3v) is 4.69. The van der Waals surface area contributed by atoms with Gasteiger partial charge in [-0.2, -0.15) is 0 Å². The summed E-state index contributed by atoms with van der Waals surface area (Å²) in [6.45, 7) is 2.45. The number of rotatable bonds is 14. The van der Waals surface area contributed by atoms with Gasteiger partial charge in [-0.25, -0.2) is 9.78 Å². The van der Waals surface area contributed by atoms with Crippen LogP contribution in [-0.4, -0.2) is 80.6 Å². The Balaban J connectivity index is 2.77. The summed E-state index contributed by atoms with van der Waals surface area (Å²) in [5.74, 6) is -4.95. The van der Waals surface area contributed by atoms with Gasteiger partial charge in [0.2, 0.25) is 23.6 Å². The lowest BCUT2D eigenvalue weighted by molar-refractivity contribution is -0.143. The van der Waals surface area contributed by atoms with Crippen LogP contribution < -0.4 is 27.4 Å². The second-order valence-electron chi connectivity index (χ2n) is 7.77. The molecule has 10 N–H and O–H groups in total. The van der Waals surface area contributed by atoms with Gasteiger partial charge in [0.1, 0.15) is 18.1 Å². The number of nitrogens with one attached hydrogen (secondary N) is 4. The summed E-state index contributed by atoms with van der Waals surface area (Å²) >= 11 is 0. The fraction of sp³-hybridized carbons (Fsp3) is 0.579. The van der Waals surface area contributed by atoms with E-state index in [1.54, 1.807) is 13.8 Å². The number of primary amides is 1. The second-order valence-corrected chi connectivity index (χ2v) is 7.77. The molecule has 184 valence electrons. The lowest BCUT2D eigenvalue weighted by atomic mass is 10.0. The lowest BCUT2D eigenvalue weighted by Gasteiger charge is -2.26. The van der Waals surface area contributed by atoms with Gasteiger partial charge >= 0.3 is 5.97 Å². The number of amides is 4. The van der Waals surface area contributed by atoms with Gasteiger partial charge in [0.25, 0.3) is 0 Å². The van der Waals surface area contributed by atoms with Gasteiger partial charge in [-0.1, -0.05) is 13.8 Å². The van der Waals surface area contributed by atoms with E-state index < -0.39 is 66.3 Å². The first kappa shape index (κ1) is 27.5. The number of hydrogen-bond acceptors (Lipinski definition) is 8. The highest BCUT2D eigenvalue weighted by Gasteiger charge is 2.31. The van der Waals surface area contributed by atoms with Crippen molar-refractivity contribution in [3.8, 4) is 0 Å². The van der Waals surface area contributed by atoms with Gasteiger partial charge < -0.3 is 42.6 Å². The highest BCUT2D eigenvalue weighted by atomic mass is 16.4. The summed E-state index contributed by atoms with van der Waals surface area (Å²) in [5, 5.41) is 25.8. The highest BCUT2D eigenvalue weighted by Crippen LogP contribution is 2.06. The Bertz CT molecular complexity index is 828. The quantitative estimate of drug-likeness (QED) is 0.136. The standard InChI is InChI=1S/C19H31N7O7/c1-9(2)15(18(31)24-12(19(32)33)3-4-14(21)28)26-17(30)13(7-27)25-16(29)11(20)5-10-6-22-8-23-10/h6,8-9,11-13,15,27H,3-5,7,20H2,1-2H3,(H2,21,28)(H,22,23)(H,24,31)(H,25,29)(H,26,30)(H,32,33). The molecule has 4 atom stereocenters. The Hall–Kier alpha value is -3.52. The second kappa shape index (κ2) is 13.1. The number of aromatic nitrogens is 2. The van der Waals surface area contributed by atoms with Gasteiger partial charge in [-0.15, -0.1) is 0 Å². The molecule has 0 spiro atoms. The Morgan fingerprint density at radius 2 is 1.70 bits per heavy atom. The van der Waals surface area contributed by atoms with Crippen LogP contribution in [0.4, 0.5) is 0 Å². The zero-order valence-corrected chi connectivity index (χ0v) is 18.4. The van der Waals surface area contributed by atoms with Crippen molar-refractivity contribution in [1.82, 2.24) is 25.9 Å². The van der Waals surface area contributed by atoms with Crippen LogP contribution in [-0.2, 0) is 30.4 Å². The van der Waals surface area contributed by atoms with Crippen LogP contribution in [0.2, 0.25) is 0 Å². The molecule has 0 aliphatic rings. The van der Waals surface area contributed by atoms with E-state index in [1.165, 1.54) is 12.5 Å². The molecule has 0 saturated carbocycles. The molecule has 0 aliphatic heterocycles. The van der Waals surface area contributed by atoms with Crippen molar-refractivity contribution < 1.29 is 34.2 Å². The molecule has 14 nitrogen and oxygen atoms in total. The van der Waals surface area contributed by atoms with Crippen molar-refractivity contribution in [3.05, 3.63) is 18.2 Å². The van der Waals surface area contributed by atoms with Crippen molar-refractivity contribution in [2.45, 2.75) is 57.3 Å². The van der Waals surface area contributed by atoms with Crippen molar-refractivity contribution >= 4 is 29.6 Å². The molecule has 0 aliphatic carbocycles. The number of H-pyrrole nitrogens is 1. The summed E-state index contributed by atoms with van der Waals surface area (Å²) in [6, 6.07) is -5.00. The SMILES string of the molecule is CC(C)C(NC(=O)C(CO)NC(=O)C(N)Cc1cnc[nH]1)C(=O)NC(CCC(N)=O)C(=O)O. The molecule has 33 heavy (non-hydrogen) atoms. The highest BCUT2D eigenvalue weighted by molar-refractivity contribution is 5.94. The molecular weight excluding hydrogens is 438 g/mol. The maximum atomic E-state index is 12.6. The van der Waals surface area contributed by atoms with Gasteiger partial charge in [0, 0.05) is 24.7 Å². The minimum atomic E-state index is -1.40. The predicted molar refractivity (Wildman–Crippen MR) is 114 cm³/mol. The average Bonchev–Trinajstić information content (AvgIpc) is 3.24. The number of carboxylic acids is 1. The number of aliphatic hydroxyl groups is 1. The van der Waals surface area contributed by atoms with Gasteiger partial charge in [0.05, 0.1) is 19.0 Å². The van der Waals surface area contributed by atoms with Crippen LogP contribution in [0.25, 0.3) is 0 Å². The molecule has 0 fully saturated rings. The monoisotopic (exact) mass is 469 g/mol. The summed E-state index contributed by atoms with van der Waals surface area (Å²) in [7, 11) is 0. The third-order valence-electron chi connectivity index (χ3n) is 4.69. The molecule has 4 unspecified atom stereocenters. The van der Waals surface area contributed by atoms with Crippen molar-refractivity contribution in [2.24, 2.45) is 17.4 Å². The smallest absolute Gasteiger partial charge is 0.326 e. The Morgan fingerprint density at radius 1 is 1.06 bits per heavy atom. The first-order valence-corrected chi connectivity index (χ1v) is 10.2. The van der Waals surface area contributed by atoms with Gasteiger partial charge in [0.15, 0.2) is 0 Å². The maximum absolute atomic E-state index is 12.6. The van der Waals surface area contributed by atoms with E-state index in [2.05, 4.69) is 25.9 Å². The van der Waals surface area contributed by atoms with Crippen LogP contribution in [0, 0.1) is 5.92 Å². The number of carbonyl (C=O) groups excluding carboxylic acids is 4. The fourth-order valence-electron chi connectivity index (χ4n) is 2.79. The largest absolute Gasteiger partial charge is 0.480 e. The van der Waals surface area contributed by atoms with E-state index in [0.717, 1.165) is 0 Å². The average molecular weight is 469 g/mol. The molecule has 14 heteroatoms. The van der Waals surface area contributed by atoms with E-state index in [9.17, 15) is 34.2 Å². The normalized spacial score (nSPS) is 14.6. The Labute approximate surface area is 189 Å². The van der Waals surface area contributed by atoms with Crippen LogP contribution in [0.5, 0.6) is 0 Å². The molecule has 1 aromatic rings. The van der Waals surface area contributed by atoms with E-state index in [4.69, 9.17) is 11.5 Å². The molecule has 0 bridgehead atoms. The Morgan fingerprint density at radius 3 is 2.18 bits per heavy atom. The number of carboxylic acid groups (broad SMARTS) is 1. The molecule has 0 aromatic carbocycles. The summed E-state index contributed by atoms with van der Waals surface area (Å²) in [5.41, 5.74) is 11.4. The number of hydrogen-bond donors (Lipinski definition) is 8. The van der Waals surface area contributed by atoms with E-state index in [1.807, 2.05) is 0 Å². The lowest BCUT2D eigenvalue weighted by Crippen LogP contribution is -2.59. The first-order chi connectivity index (χ1) is 15.5. The summed E-state index contributed by atoms with van der Waals surface area (Å²) in [4.78, 5) is 66.4. The first-order valence-electron chi connectivity index (χ1n) is 10.2. The number of nitrogens with zero attached hydrogens (tertiary/aromatic N) is 1. The number of aromatic amines is 1. The third kappa shape index (κ3) is 9.24. The summed E-state index contributed by atoms with van der Waals surface area (Å²) in [6.07, 6.45) is 2.55. The van der Waals surface area contributed by atoms with Crippen LogP contribution in [0.3, 0.4) is 0 Å². The van der Waals surface area contributed by atoms with E-state index >= 15 is 0 Å². The van der Waals surface area contributed by atoms with Crippen LogP contribution in [0.15, 0.2) is 12.5 Å². The van der Waals surface area contributed by atoms with Crippen LogP contribution >= 0.6 is 0 Å². The number of aliphatic hydroxyl groups excluding tert-OH is 1. The molecular formula is C19H31N7O7. The zero-order chi connectivity index (χ0) is 25.1. The topological polar surface area (TPSA) is 243 Å². The number of nitrogens with two attached hydrogens (primary N) is 2. The van der Waals surface area contributed by atoms with E-state index in [-0.39, 0.29) is 19.3 Å². The van der Waals surface area contributed by atoms with Crippen molar-refractivity contribution in [3.63, 3.8) is 0 Å². The maximum Gasteiger partial charge on any atom is 0.326 e. The zero-order valence-electron chi connectivity index (χ0n) is 18.4. The summed E-state index contributed by atoms with van der Waals surface area (Å²) < 4.78 is 0. The molecule has 1 aromatic heterocycles. The fourth-order valence-corrected chi connectivity index (χ4v) is 2.79. The number of imidazole rings is 1. The van der Waals surface area contributed by atoms with Crippen molar-refractivity contribution in [2.75, 3.05) is 6.61 Å². The molecule has 0 radical (unpaired) electrons. The van der Waals surface area contributed by atoms with Crippen molar-refractivity contribution in [1.29, 1.82) is 0 Å². The molecule has 4 amide bonds. The Kier molecular flexibility index (Phi) is 10.9. The van der Waals surface area contributed by atoms with E-state index in [0.29, 0.717) is 5.69 Å². The minimum Gasteiger partial charge on any atom is -0.480 e. The molecule has 0 saturated heterocycles.